The van der Waals surface area contributed by atoms with Gasteiger partial charge in [-0.2, -0.15) is 0 Å². The van der Waals surface area contributed by atoms with Gasteiger partial charge >= 0.3 is 5.97 Å². The Hall–Kier alpha value is -2.83. The third kappa shape index (κ3) is 3.10. The van der Waals surface area contributed by atoms with Crippen molar-refractivity contribution in [1.82, 2.24) is 14.9 Å². The average Bonchev–Trinajstić information content (AvgIpc) is 3.07. The molecule has 1 aliphatic heterocycles. The van der Waals surface area contributed by atoms with Gasteiger partial charge in [0, 0.05) is 31.4 Å². The molecule has 1 amide bonds. The molecule has 0 bridgehead atoms. The highest BCUT2D eigenvalue weighted by Crippen LogP contribution is 2.34. The first-order valence-corrected chi connectivity index (χ1v) is 7.48. The number of nitrogens with zero attached hydrogens (tertiary/aromatic N) is 3. The molecule has 6 nitrogen and oxygen atoms in total. The molecule has 1 fully saturated rings. The molecule has 3 rings (SSSR count). The molecule has 2 atom stereocenters. The van der Waals surface area contributed by atoms with Crippen molar-refractivity contribution < 1.29 is 18.7 Å². The molecule has 124 valence electrons. The number of ether oxygens (including phenoxy) is 1. The number of rotatable bonds is 3. The zero-order valence-corrected chi connectivity index (χ0v) is 13.1. The Balaban J connectivity index is 1.86. The maximum absolute atomic E-state index is 13.2. The van der Waals surface area contributed by atoms with E-state index in [4.69, 9.17) is 4.74 Å². The van der Waals surface area contributed by atoms with Crippen LogP contribution < -0.4 is 0 Å². The topological polar surface area (TPSA) is 72.4 Å². The minimum atomic E-state index is -0.499. The van der Waals surface area contributed by atoms with Gasteiger partial charge in [-0.3, -0.25) is 14.6 Å². The summed E-state index contributed by atoms with van der Waals surface area (Å²) in [6.07, 6.45) is 4.32. The van der Waals surface area contributed by atoms with E-state index in [1.165, 1.54) is 37.8 Å². The van der Waals surface area contributed by atoms with Crippen molar-refractivity contribution in [3.63, 3.8) is 0 Å². The number of hydrogen-bond acceptors (Lipinski definition) is 5. The lowest BCUT2D eigenvalue weighted by Gasteiger charge is -2.16. The Morgan fingerprint density at radius 1 is 1.21 bits per heavy atom. The molecule has 2 aromatic rings. The molecular weight excluding hydrogens is 313 g/mol. The van der Waals surface area contributed by atoms with Gasteiger partial charge in [0.25, 0.3) is 5.91 Å². The molecule has 0 aliphatic carbocycles. The van der Waals surface area contributed by atoms with Crippen molar-refractivity contribution in [1.29, 1.82) is 0 Å². The first-order valence-electron chi connectivity index (χ1n) is 7.48. The fourth-order valence-corrected chi connectivity index (χ4v) is 2.98. The van der Waals surface area contributed by atoms with Gasteiger partial charge in [-0.15, -0.1) is 0 Å². The number of methoxy groups -OCH3 is 1. The maximum atomic E-state index is 13.2. The molecule has 0 N–H and O–H groups in total. The predicted molar refractivity (Wildman–Crippen MR) is 82.6 cm³/mol. The molecular formula is C17H16FN3O3. The minimum Gasteiger partial charge on any atom is -0.469 e. The number of hydrogen-bond donors (Lipinski definition) is 0. The number of carbonyl (C=O) groups excluding carboxylic acids is 2. The van der Waals surface area contributed by atoms with Crippen LogP contribution in [-0.2, 0) is 9.53 Å². The Labute approximate surface area is 138 Å². The lowest BCUT2D eigenvalue weighted by molar-refractivity contribution is -0.145. The average molecular weight is 329 g/mol. The van der Waals surface area contributed by atoms with Crippen LogP contribution in [0.25, 0.3) is 0 Å². The van der Waals surface area contributed by atoms with E-state index >= 15 is 0 Å². The van der Waals surface area contributed by atoms with Crippen molar-refractivity contribution in [2.75, 3.05) is 20.2 Å². The van der Waals surface area contributed by atoms with Gasteiger partial charge < -0.3 is 9.64 Å². The molecule has 0 unspecified atom stereocenters. The fourth-order valence-electron chi connectivity index (χ4n) is 2.98. The van der Waals surface area contributed by atoms with Crippen molar-refractivity contribution in [2.24, 2.45) is 5.92 Å². The summed E-state index contributed by atoms with van der Waals surface area (Å²) >= 11 is 0. The zero-order chi connectivity index (χ0) is 17.1. The van der Waals surface area contributed by atoms with Crippen LogP contribution >= 0.6 is 0 Å². The Morgan fingerprint density at radius 3 is 2.58 bits per heavy atom. The fraction of sp³-hybridized carbons (Fsp3) is 0.294. The summed E-state index contributed by atoms with van der Waals surface area (Å²) in [6, 6.07) is 5.95. The van der Waals surface area contributed by atoms with Crippen molar-refractivity contribution in [3.05, 3.63) is 59.9 Å². The molecule has 0 saturated carbocycles. The standard InChI is InChI=1S/C17H16FN3O3/c1-24-17(23)14-10-21(16(22)15-8-19-6-7-20-15)9-13(14)11-2-4-12(18)5-3-11/h2-8,13-14H,9-10H2,1H3/t13-,14+/m1/s1. The van der Waals surface area contributed by atoms with Gasteiger partial charge in [0.1, 0.15) is 11.5 Å². The van der Waals surface area contributed by atoms with E-state index < -0.39 is 11.9 Å². The molecule has 0 spiro atoms. The Morgan fingerprint density at radius 2 is 1.96 bits per heavy atom. The number of halogens is 1. The first-order chi connectivity index (χ1) is 11.6. The normalized spacial score (nSPS) is 20.0. The van der Waals surface area contributed by atoms with E-state index in [1.807, 2.05) is 0 Å². The summed E-state index contributed by atoms with van der Waals surface area (Å²) in [6.45, 7) is 0.560. The summed E-state index contributed by atoms with van der Waals surface area (Å²) in [5, 5.41) is 0. The van der Waals surface area contributed by atoms with Gasteiger partial charge in [-0.05, 0) is 17.7 Å². The van der Waals surface area contributed by atoms with Gasteiger partial charge in [-0.1, -0.05) is 12.1 Å². The van der Waals surface area contributed by atoms with Crippen LogP contribution in [0.1, 0.15) is 22.0 Å². The highest BCUT2D eigenvalue weighted by atomic mass is 19.1. The Kier molecular flexibility index (Phi) is 4.50. The van der Waals surface area contributed by atoms with Crippen LogP contribution in [0.4, 0.5) is 4.39 Å². The summed E-state index contributed by atoms with van der Waals surface area (Å²) in [5.41, 5.74) is 1.02. The third-order valence-electron chi connectivity index (χ3n) is 4.19. The van der Waals surface area contributed by atoms with Crippen LogP contribution in [0.15, 0.2) is 42.9 Å². The molecule has 1 aromatic heterocycles. The van der Waals surface area contributed by atoms with Crippen LogP contribution in [0.3, 0.4) is 0 Å². The SMILES string of the molecule is COC(=O)[C@H]1CN(C(=O)c2cnccn2)C[C@@H]1c1ccc(F)cc1. The highest BCUT2D eigenvalue weighted by molar-refractivity contribution is 5.93. The zero-order valence-electron chi connectivity index (χ0n) is 13.1. The van der Waals surface area contributed by atoms with E-state index in [1.54, 1.807) is 17.0 Å². The first kappa shape index (κ1) is 16.0. The smallest absolute Gasteiger partial charge is 0.311 e. The second-order valence-electron chi connectivity index (χ2n) is 5.59. The number of aromatic nitrogens is 2. The van der Waals surface area contributed by atoms with E-state index in [2.05, 4.69) is 9.97 Å². The van der Waals surface area contributed by atoms with Crippen molar-refractivity contribution >= 4 is 11.9 Å². The minimum absolute atomic E-state index is 0.223. The monoisotopic (exact) mass is 329 g/mol. The predicted octanol–water partition coefficient (Wildman–Crippen LogP) is 1.64. The van der Waals surface area contributed by atoms with E-state index in [-0.39, 0.29) is 29.9 Å². The lowest BCUT2D eigenvalue weighted by atomic mass is 9.89. The van der Waals surface area contributed by atoms with Crippen molar-refractivity contribution in [2.45, 2.75) is 5.92 Å². The molecule has 1 aliphatic rings. The van der Waals surface area contributed by atoms with Gasteiger partial charge in [0.2, 0.25) is 0 Å². The summed E-state index contributed by atoms with van der Waals surface area (Å²) in [7, 11) is 1.32. The molecule has 2 heterocycles. The second-order valence-corrected chi connectivity index (χ2v) is 5.59. The lowest BCUT2D eigenvalue weighted by Crippen LogP contribution is -2.30. The number of likely N-dealkylation sites (tertiary alicyclic amines) is 1. The number of amides is 1. The number of benzene rings is 1. The van der Waals surface area contributed by atoms with Crippen LogP contribution in [0.5, 0.6) is 0 Å². The number of esters is 1. The van der Waals surface area contributed by atoms with E-state index in [9.17, 15) is 14.0 Å². The molecule has 7 heteroatoms. The number of carbonyl (C=O) groups is 2. The Bertz CT molecular complexity index is 737. The van der Waals surface area contributed by atoms with Gasteiger partial charge in [0.15, 0.2) is 0 Å². The summed E-state index contributed by atoms with van der Waals surface area (Å²) in [5.74, 6) is -1.78. The largest absolute Gasteiger partial charge is 0.469 e. The molecule has 1 aromatic carbocycles. The summed E-state index contributed by atoms with van der Waals surface area (Å²) in [4.78, 5) is 34.1. The molecule has 24 heavy (non-hydrogen) atoms. The van der Waals surface area contributed by atoms with E-state index in [0.29, 0.717) is 6.54 Å². The van der Waals surface area contributed by atoms with Gasteiger partial charge in [0.05, 0.1) is 19.2 Å². The van der Waals surface area contributed by atoms with Crippen LogP contribution in [-0.4, -0.2) is 46.9 Å². The highest BCUT2D eigenvalue weighted by Gasteiger charge is 2.41. The van der Waals surface area contributed by atoms with Gasteiger partial charge in [-0.25, -0.2) is 9.37 Å². The van der Waals surface area contributed by atoms with Crippen LogP contribution in [0.2, 0.25) is 0 Å². The molecule has 1 saturated heterocycles. The second kappa shape index (κ2) is 6.74. The van der Waals surface area contributed by atoms with Crippen LogP contribution in [0, 0.1) is 11.7 Å². The molecule has 0 radical (unpaired) electrons. The summed E-state index contributed by atoms with van der Waals surface area (Å²) < 4.78 is 18.0. The quantitative estimate of drug-likeness (QED) is 0.801. The maximum Gasteiger partial charge on any atom is 0.311 e. The van der Waals surface area contributed by atoms with Crippen molar-refractivity contribution in [3.8, 4) is 0 Å². The van der Waals surface area contributed by atoms with E-state index in [0.717, 1.165) is 5.56 Å². The third-order valence-corrected chi connectivity index (χ3v) is 4.19.